The number of amides is 1. The van der Waals surface area contributed by atoms with Crippen LogP contribution in [0.4, 0.5) is 11.4 Å². The largest absolute Gasteiger partial charge is 0.378 e. The third-order valence-electron chi connectivity index (χ3n) is 5.32. The number of quaternary nitrogens is 1. The molecule has 0 aromatic heterocycles. The molecule has 3 rings (SSSR count). The number of carbonyl (C=O) groups excluding carboxylic acids is 1. The van der Waals surface area contributed by atoms with Gasteiger partial charge in [0.1, 0.15) is 0 Å². The molecular weight excluding hydrogens is 302 g/mol. The number of nitrogens with one attached hydrogen (secondary N) is 2. The Morgan fingerprint density at radius 1 is 1.29 bits per heavy atom. The number of hydrogen-bond donors (Lipinski definition) is 2. The van der Waals surface area contributed by atoms with Gasteiger partial charge < -0.3 is 19.9 Å². The fourth-order valence-corrected chi connectivity index (χ4v) is 3.74. The normalized spacial score (nSPS) is 26.0. The molecule has 0 radical (unpaired) electrons. The summed E-state index contributed by atoms with van der Waals surface area (Å²) in [6.45, 7) is 9.97. The van der Waals surface area contributed by atoms with Gasteiger partial charge in [0.25, 0.3) is 5.91 Å². The first-order valence-electron chi connectivity index (χ1n) is 9.21. The van der Waals surface area contributed by atoms with Gasteiger partial charge in [-0.2, -0.15) is 0 Å². The Hall–Kier alpha value is -1.59. The maximum atomic E-state index is 12.5. The van der Waals surface area contributed by atoms with Crippen molar-refractivity contribution in [1.29, 1.82) is 0 Å². The van der Waals surface area contributed by atoms with E-state index in [0.29, 0.717) is 0 Å². The van der Waals surface area contributed by atoms with Gasteiger partial charge in [-0.05, 0) is 44.0 Å². The Labute approximate surface area is 145 Å². The van der Waals surface area contributed by atoms with Crippen LogP contribution in [-0.2, 0) is 9.53 Å². The molecular formula is C19H30N3O2+. The van der Waals surface area contributed by atoms with Crippen LogP contribution in [0.3, 0.4) is 0 Å². The van der Waals surface area contributed by atoms with Crippen LogP contribution in [0.5, 0.6) is 0 Å². The van der Waals surface area contributed by atoms with E-state index in [1.54, 1.807) is 0 Å². The first kappa shape index (κ1) is 17.2. The van der Waals surface area contributed by atoms with Crippen molar-refractivity contribution in [2.45, 2.75) is 32.7 Å². The molecule has 5 heteroatoms. The van der Waals surface area contributed by atoms with E-state index < -0.39 is 0 Å². The molecule has 0 spiro atoms. The summed E-state index contributed by atoms with van der Waals surface area (Å²) in [4.78, 5) is 16.3. The van der Waals surface area contributed by atoms with E-state index >= 15 is 0 Å². The first-order valence-corrected chi connectivity index (χ1v) is 9.21. The standard InChI is InChI=1S/C19H29N3O2/c1-15-4-3-9-22(14-15)16(2)19(23)20-17-5-7-18(8-6-17)21-10-12-24-13-11-21/h5-8,15-16H,3-4,9-14H2,1-2H3,(H,20,23)/p+1/t15-,16+/m1/s1. The zero-order chi connectivity index (χ0) is 16.9. The van der Waals surface area contributed by atoms with E-state index in [1.165, 1.54) is 23.4 Å². The molecule has 1 unspecified atom stereocenters. The molecule has 0 saturated carbocycles. The van der Waals surface area contributed by atoms with E-state index in [2.05, 4.69) is 29.3 Å². The smallest absolute Gasteiger partial charge is 0.282 e. The van der Waals surface area contributed by atoms with Crippen LogP contribution in [0.25, 0.3) is 0 Å². The van der Waals surface area contributed by atoms with E-state index in [1.807, 2.05) is 19.1 Å². The number of nitrogens with zero attached hydrogens (tertiary/aromatic N) is 1. The highest BCUT2D eigenvalue weighted by atomic mass is 16.5. The Morgan fingerprint density at radius 3 is 2.67 bits per heavy atom. The first-order chi connectivity index (χ1) is 11.6. The second-order valence-electron chi connectivity index (χ2n) is 7.22. The lowest BCUT2D eigenvalue weighted by Crippen LogP contribution is -3.17. The van der Waals surface area contributed by atoms with Gasteiger partial charge in [0.05, 0.1) is 26.3 Å². The molecule has 5 nitrogen and oxygen atoms in total. The predicted molar refractivity (Wildman–Crippen MR) is 96.7 cm³/mol. The fourth-order valence-electron chi connectivity index (χ4n) is 3.74. The lowest BCUT2D eigenvalue weighted by atomic mass is 9.99. The number of rotatable bonds is 4. The molecule has 2 N–H and O–H groups in total. The van der Waals surface area contributed by atoms with Crippen molar-refractivity contribution in [3.63, 3.8) is 0 Å². The fraction of sp³-hybridized carbons (Fsp3) is 0.632. The monoisotopic (exact) mass is 332 g/mol. The van der Waals surface area contributed by atoms with Crippen molar-refractivity contribution >= 4 is 17.3 Å². The Bertz CT molecular complexity index is 540. The van der Waals surface area contributed by atoms with Crippen LogP contribution in [0.15, 0.2) is 24.3 Å². The van der Waals surface area contributed by atoms with Gasteiger partial charge in [-0.1, -0.05) is 6.92 Å². The third kappa shape index (κ3) is 4.28. The highest BCUT2D eigenvalue weighted by molar-refractivity contribution is 5.93. The van der Waals surface area contributed by atoms with Crippen LogP contribution in [0.2, 0.25) is 0 Å². The maximum absolute atomic E-state index is 12.5. The summed E-state index contributed by atoms with van der Waals surface area (Å²) in [5, 5.41) is 3.08. The maximum Gasteiger partial charge on any atom is 0.282 e. The molecule has 2 aliphatic rings. The van der Waals surface area contributed by atoms with Crippen LogP contribution >= 0.6 is 0 Å². The van der Waals surface area contributed by atoms with Crippen LogP contribution in [0, 0.1) is 5.92 Å². The van der Waals surface area contributed by atoms with E-state index in [-0.39, 0.29) is 11.9 Å². The number of carbonyl (C=O) groups is 1. The number of hydrogen-bond acceptors (Lipinski definition) is 3. The molecule has 3 atom stereocenters. The Morgan fingerprint density at radius 2 is 2.00 bits per heavy atom. The summed E-state index contributed by atoms with van der Waals surface area (Å²) in [6, 6.07) is 8.18. The number of ether oxygens (including phenoxy) is 1. The highest BCUT2D eigenvalue weighted by Gasteiger charge is 2.29. The van der Waals surface area contributed by atoms with Crippen LogP contribution in [-0.4, -0.2) is 51.3 Å². The summed E-state index contributed by atoms with van der Waals surface area (Å²) in [5.41, 5.74) is 2.08. The third-order valence-corrected chi connectivity index (χ3v) is 5.32. The van der Waals surface area contributed by atoms with E-state index in [0.717, 1.165) is 51.0 Å². The molecule has 2 fully saturated rings. The predicted octanol–water partition coefficient (Wildman–Crippen LogP) is 1.17. The summed E-state index contributed by atoms with van der Waals surface area (Å²) in [5.74, 6) is 0.843. The van der Waals surface area contributed by atoms with Gasteiger partial charge in [0.2, 0.25) is 0 Å². The molecule has 0 aliphatic carbocycles. The van der Waals surface area contributed by atoms with Crippen molar-refractivity contribution < 1.29 is 14.4 Å². The quantitative estimate of drug-likeness (QED) is 0.870. The highest BCUT2D eigenvalue weighted by Crippen LogP contribution is 2.19. The van der Waals surface area contributed by atoms with Gasteiger partial charge in [-0.25, -0.2) is 0 Å². The molecule has 1 amide bonds. The lowest BCUT2D eigenvalue weighted by molar-refractivity contribution is -0.922. The van der Waals surface area contributed by atoms with E-state index in [9.17, 15) is 4.79 Å². The van der Waals surface area contributed by atoms with E-state index in [4.69, 9.17) is 4.74 Å². The number of piperidine rings is 1. The summed E-state index contributed by atoms with van der Waals surface area (Å²) < 4.78 is 5.39. The molecule has 0 bridgehead atoms. The molecule has 132 valence electrons. The van der Waals surface area contributed by atoms with Crippen molar-refractivity contribution in [3.05, 3.63) is 24.3 Å². The minimum atomic E-state index is 0.00618. The summed E-state index contributed by atoms with van der Waals surface area (Å²) in [6.07, 6.45) is 2.52. The number of likely N-dealkylation sites (tertiary alicyclic amines) is 1. The zero-order valence-corrected chi connectivity index (χ0v) is 14.9. The number of anilines is 2. The Balaban J connectivity index is 1.55. The number of benzene rings is 1. The van der Waals surface area contributed by atoms with Gasteiger partial charge in [-0.15, -0.1) is 0 Å². The van der Waals surface area contributed by atoms with Gasteiger partial charge in [0.15, 0.2) is 6.04 Å². The van der Waals surface area contributed by atoms with Gasteiger partial charge in [-0.3, -0.25) is 4.79 Å². The van der Waals surface area contributed by atoms with Crippen molar-refractivity contribution in [1.82, 2.24) is 0 Å². The average molecular weight is 332 g/mol. The second-order valence-corrected chi connectivity index (χ2v) is 7.22. The zero-order valence-electron chi connectivity index (χ0n) is 14.9. The minimum Gasteiger partial charge on any atom is -0.378 e. The topological polar surface area (TPSA) is 46.0 Å². The average Bonchev–Trinajstić information content (AvgIpc) is 2.62. The minimum absolute atomic E-state index is 0.00618. The molecule has 2 saturated heterocycles. The van der Waals surface area contributed by atoms with Crippen molar-refractivity contribution in [2.24, 2.45) is 5.92 Å². The van der Waals surface area contributed by atoms with Gasteiger partial charge in [0, 0.05) is 30.4 Å². The van der Waals surface area contributed by atoms with Crippen LogP contribution in [0.1, 0.15) is 26.7 Å². The summed E-state index contributed by atoms with van der Waals surface area (Å²) >= 11 is 0. The summed E-state index contributed by atoms with van der Waals surface area (Å²) in [7, 11) is 0. The lowest BCUT2D eigenvalue weighted by Gasteiger charge is -2.31. The van der Waals surface area contributed by atoms with Crippen molar-refractivity contribution in [2.75, 3.05) is 49.6 Å². The SMILES string of the molecule is C[C@@H]1CCC[NH+]([C@@H](C)C(=O)Nc2ccc(N3CCOCC3)cc2)C1. The van der Waals surface area contributed by atoms with Gasteiger partial charge >= 0.3 is 0 Å². The van der Waals surface area contributed by atoms with Crippen molar-refractivity contribution in [3.8, 4) is 0 Å². The van der Waals surface area contributed by atoms with Crippen LogP contribution < -0.4 is 15.1 Å². The Kier molecular flexibility index (Phi) is 5.74. The molecule has 1 aromatic rings. The molecule has 1 aromatic carbocycles. The molecule has 24 heavy (non-hydrogen) atoms. The molecule has 2 aliphatic heterocycles. The number of morpholine rings is 1. The molecule has 2 heterocycles. The second kappa shape index (κ2) is 7.99.